The first kappa shape index (κ1) is 14.5. The van der Waals surface area contributed by atoms with Gasteiger partial charge in [-0.3, -0.25) is 4.79 Å². The van der Waals surface area contributed by atoms with Crippen LogP contribution in [-0.2, 0) is 4.79 Å². The van der Waals surface area contributed by atoms with Crippen molar-refractivity contribution >= 4 is 23.6 Å². The molecule has 1 aromatic carbocycles. The van der Waals surface area contributed by atoms with Crippen LogP contribution in [-0.4, -0.2) is 28.8 Å². The molecule has 0 fully saturated rings. The topological polar surface area (TPSA) is 66.4 Å². The van der Waals surface area contributed by atoms with Gasteiger partial charge in [0.2, 0.25) is 0 Å². The Hall–Kier alpha value is -1.56. The first-order chi connectivity index (χ1) is 8.27. The first-order valence-electron chi connectivity index (χ1n) is 5.17. The van der Waals surface area contributed by atoms with Gasteiger partial charge in [-0.1, -0.05) is 0 Å². The Morgan fingerprint density at radius 1 is 1.39 bits per heavy atom. The van der Waals surface area contributed by atoms with Crippen LogP contribution in [0.4, 0.5) is 4.39 Å². The van der Waals surface area contributed by atoms with Crippen molar-refractivity contribution in [3.05, 3.63) is 29.6 Å². The second-order valence-corrected chi connectivity index (χ2v) is 5.08. The average molecular weight is 271 g/mol. The standard InChI is InChI=1S/C12H14FNO3S/c1-12(2,11(16)17)14-10(15)7-4-5-8(13)9(6-7)18-3/h4-6H,1-3H3,(H,14,15)(H,16,17). The molecule has 0 heterocycles. The molecule has 0 spiro atoms. The van der Waals surface area contributed by atoms with Crippen molar-refractivity contribution in [3.8, 4) is 0 Å². The van der Waals surface area contributed by atoms with Gasteiger partial charge in [-0.2, -0.15) is 0 Å². The molecule has 2 N–H and O–H groups in total. The summed E-state index contributed by atoms with van der Waals surface area (Å²) in [6.45, 7) is 2.76. The summed E-state index contributed by atoms with van der Waals surface area (Å²) >= 11 is 1.18. The van der Waals surface area contributed by atoms with Crippen molar-refractivity contribution in [2.75, 3.05) is 6.26 Å². The lowest BCUT2D eigenvalue weighted by Crippen LogP contribution is -2.49. The van der Waals surface area contributed by atoms with Gasteiger partial charge in [0.05, 0.1) is 0 Å². The minimum absolute atomic E-state index is 0.232. The molecule has 0 aromatic heterocycles. The molecule has 1 aromatic rings. The van der Waals surface area contributed by atoms with Gasteiger partial charge in [0.1, 0.15) is 11.4 Å². The molecule has 0 saturated heterocycles. The highest BCUT2D eigenvalue weighted by atomic mass is 32.2. The molecular weight excluding hydrogens is 257 g/mol. The van der Waals surface area contributed by atoms with E-state index in [-0.39, 0.29) is 5.56 Å². The van der Waals surface area contributed by atoms with Gasteiger partial charge in [-0.15, -0.1) is 11.8 Å². The molecule has 0 saturated carbocycles. The number of hydrogen-bond acceptors (Lipinski definition) is 3. The number of aliphatic carboxylic acids is 1. The minimum atomic E-state index is -1.37. The highest BCUT2D eigenvalue weighted by Crippen LogP contribution is 2.20. The Morgan fingerprint density at radius 2 is 2.00 bits per heavy atom. The van der Waals surface area contributed by atoms with Crippen molar-refractivity contribution in [1.82, 2.24) is 5.32 Å². The number of hydrogen-bond donors (Lipinski definition) is 2. The summed E-state index contributed by atoms with van der Waals surface area (Å²) in [7, 11) is 0. The smallest absolute Gasteiger partial charge is 0.328 e. The van der Waals surface area contributed by atoms with E-state index in [9.17, 15) is 14.0 Å². The Balaban J connectivity index is 2.95. The summed E-state index contributed by atoms with van der Waals surface area (Å²) in [5.41, 5.74) is -1.14. The van der Waals surface area contributed by atoms with Gasteiger partial charge in [0, 0.05) is 10.5 Å². The molecule has 6 heteroatoms. The van der Waals surface area contributed by atoms with Crippen LogP contribution in [0.2, 0.25) is 0 Å². The maximum atomic E-state index is 13.3. The molecule has 0 radical (unpaired) electrons. The second-order valence-electron chi connectivity index (χ2n) is 4.23. The lowest BCUT2D eigenvalue weighted by atomic mass is 10.1. The number of benzene rings is 1. The molecule has 0 bridgehead atoms. The third kappa shape index (κ3) is 3.22. The van der Waals surface area contributed by atoms with Crippen LogP contribution >= 0.6 is 11.8 Å². The minimum Gasteiger partial charge on any atom is -0.480 e. The number of halogens is 1. The number of carbonyl (C=O) groups excluding carboxylic acids is 1. The SMILES string of the molecule is CSc1cc(C(=O)NC(C)(C)C(=O)O)ccc1F. The van der Waals surface area contributed by atoms with E-state index in [2.05, 4.69) is 5.32 Å². The van der Waals surface area contributed by atoms with E-state index in [1.54, 1.807) is 6.26 Å². The van der Waals surface area contributed by atoms with Crippen LogP contribution in [0.1, 0.15) is 24.2 Å². The van der Waals surface area contributed by atoms with Gasteiger partial charge >= 0.3 is 5.97 Å². The third-order valence-electron chi connectivity index (χ3n) is 2.37. The van der Waals surface area contributed by atoms with Crippen LogP contribution in [0, 0.1) is 5.82 Å². The Bertz CT molecular complexity index is 488. The molecule has 1 amide bonds. The van der Waals surface area contributed by atoms with Gasteiger partial charge < -0.3 is 10.4 Å². The van der Waals surface area contributed by atoms with Crippen molar-refractivity contribution in [1.29, 1.82) is 0 Å². The zero-order valence-electron chi connectivity index (χ0n) is 10.3. The predicted octanol–water partition coefficient (Wildman–Crippen LogP) is 2.14. The van der Waals surface area contributed by atoms with Crippen molar-refractivity contribution in [2.45, 2.75) is 24.3 Å². The fourth-order valence-electron chi connectivity index (χ4n) is 1.21. The third-order valence-corrected chi connectivity index (χ3v) is 3.13. The Kier molecular flexibility index (Phi) is 4.34. The zero-order valence-corrected chi connectivity index (χ0v) is 11.1. The molecule has 4 nitrogen and oxygen atoms in total. The predicted molar refractivity (Wildman–Crippen MR) is 67.4 cm³/mol. The Morgan fingerprint density at radius 3 is 2.50 bits per heavy atom. The van der Waals surface area contributed by atoms with Crippen molar-refractivity contribution < 1.29 is 19.1 Å². The van der Waals surface area contributed by atoms with E-state index in [0.717, 1.165) is 0 Å². The van der Waals surface area contributed by atoms with E-state index in [1.165, 1.54) is 43.8 Å². The number of carbonyl (C=O) groups is 2. The van der Waals surface area contributed by atoms with Crippen LogP contribution in [0.3, 0.4) is 0 Å². The van der Waals surface area contributed by atoms with E-state index in [4.69, 9.17) is 5.11 Å². The number of thioether (sulfide) groups is 1. The second kappa shape index (κ2) is 5.39. The average Bonchev–Trinajstić information content (AvgIpc) is 2.28. The molecule has 98 valence electrons. The number of rotatable bonds is 4. The van der Waals surface area contributed by atoms with E-state index < -0.39 is 23.2 Å². The lowest BCUT2D eigenvalue weighted by molar-refractivity contribution is -0.143. The summed E-state index contributed by atoms with van der Waals surface area (Å²) in [6, 6.07) is 3.91. The van der Waals surface area contributed by atoms with Crippen LogP contribution in [0.15, 0.2) is 23.1 Å². The summed E-state index contributed by atoms with van der Waals surface area (Å²) in [5, 5.41) is 11.3. The van der Waals surface area contributed by atoms with Crippen LogP contribution in [0.25, 0.3) is 0 Å². The molecule has 0 aliphatic carbocycles. The van der Waals surface area contributed by atoms with Crippen LogP contribution in [0.5, 0.6) is 0 Å². The molecule has 0 aliphatic rings. The molecule has 18 heavy (non-hydrogen) atoms. The van der Waals surface area contributed by atoms with Gasteiger partial charge in [-0.25, -0.2) is 9.18 Å². The maximum Gasteiger partial charge on any atom is 0.328 e. The van der Waals surface area contributed by atoms with E-state index in [0.29, 0.717) is 4.90 Å². The summed E-state index contributed by atoms with van der Waals surface area (Å²) in [6.07, 6.45) is 1.70. The number of carboxylic acids is 1. The molecular formula is C12H14FNO3S. The summed E-state index contributed by atoms with van der Waals surface area (Å²) < 4.78 is 13.3. The van der Waals surface area contributed by atoms with E-state index in [1.807, 2.05) is 0 Å². The number of amides is 1. The monoisotopic (exact) mass is 271 g/mol. The summed E-state index contributed by atoms with van der Waals surface area (Å²) in [5.74, 6) is -2.09. The van der Waals surface area contributed by atoms with Gasteiger partial charge in [0.25, 0.3) is 5.91 Å². The maximum absolute atomic E-state index is 13.3. The quantitative estimate of drug-likeness (QED) is 0.823. The normalized spacial score (nSPS) is 11.1. The fourth-order valence-corrected chi connectivity index (χ4v) is 1.72. The van der Waals surface area contributed by atoms with E-state index >= 15 is 0 Å². The lowest BCUT2D eigenvalue weighted by Gasteiger charge is -2.21. The zero-order chi connectivity index (χ0) is 13.9. The van der Waals surface area contributed by atoms with Crippen LogP contribution < -0.4 is 5.32 Å². The van der Waals surface area contributed by atoms with Crippen molar-refractivity contribution in [2.24, 2.45) is 0 Å². The van der Waals surface area contributed by atoms with Gasteiger partial charge in [0.15, 0.2) is 0 Å². The highest BCUT2D eigenvalue weighted by Gasteiger charge is 2.29. The Labute approximate surface area is 109 Å². The number of nitrogens with one attached hydrogen (secondary N) is 1. The number of carboxylic acid groups (broad SMARTS) is 1. The summed E-state index contributed by atoms with van der Waals surface area (Å²) in [4.78, 5) is 23.1. The fraction of sp³-hybridized carbons (Fsp3) is 0.333. The molecule has 0 unspecified atom stereocenters. The largest absolute Gasteiger partial charge is 0.480 e. The van der Waals surface area contributed by atoms with Crippen molar-refractivity contribution in [3.63, 3.8) is 0 Å². The first-order valence-corrected chi connectivity index (χ1v) is 6.40. The van der Waals surface area contributed by atoms with Gasteiger partial charge in [-0.05, 0) is 38.3 Å². The molecule has 0 atom stereocenters. The highest BCUT2D eigenvalue weighted by molar-refractivity contribution is 7.98. The molecule has 0 aliphatic heterocycles. The molecule has 1 rings (SSSR count).